The summed E-state index contributed by atoms with van der Waals surface area (Å²) in [5.74, 6) is 0.663. The normalized spacial score (nSPS) is 14.3. The fourth-order valence-electron chi connectivity index (χ4n) is 3.69. The van der Waals surface area contributed by atoms with Gasteiger partial charge in [-0.2, -0.15) is 0 Å². The highest BCUT2D eigenvalue weighted by Crippen LogP contribution is 2.21. The summed E-state index contributed by atoms with van der Waals surface area (Å²) in [5.41, 5.74) is 4.98. The molecule has 0 amide bonds. The molecule has 0 radical (unpaired) electrons. The van der Waals surface area contributed by atoms with Gasteiger partial charge in [-0.05, 0) is 43.7 Å². The van der Waals surface area contributed by atoms with Crippen molar-refractivity contribution in [1.82, 2.24) is 9.97 Å². The van der Waals surface area contributed by atoms with Crippen LogP contribution in [-0.2, 0) is 6.42 Å². The standard InChI is InChI=1S/C23H25ClN4O/c1-16-3-5-18(6-4-16)15-21-17(2)25-23(26-22(21)29)28-13-11-27(12-14-28)20-9-7-19(24)8-10-20/h3-10H,11-15H2,1-2H3,(H,25,26,29). The van der Waals surface area contributed by atoms with E-state index < -0.39 is 0 Å². The first-order valence-corrected chi connectivity index (χ1v) is 10.3. The monoisotopic (exact) mass is 408 g/mol. The van der Waals surface area contributed by atoms with Gasteiger partial charge in [-0.3, -0.25) is 9.78 Å². The minimum Gasteiger partial charge on any atom is -0.368 e. The molecule has 1 aliphatic heterocycles. The van der Waals surface area contributed by atoms with Gasteiger partial charge in [-0.25, -0.2) is 4.98 Å². The predicted molar refractivity (Wildman–Crippen MR) is 119 cm³/mol. The van der Waals surface area contributed by atoms with Crippen molar-refractivity contribution in [1.29, 1.82) is 0 Å². The van der Waals surface area contributed by atoms with Gasteiger partial charge < -0.3 is 9.80 Å². The molecule has 3 aromatic rings. The summed E-state index contributed by atoms with van der Waals surface area (Å²) in [4.78, 5) is 24.9. The lowest BCUT2D eigenvalue weighted by Crippen LogP contribution is -2.47. The van der Waals surface area contributed by atoms with Crippen LogP contribution < -0.4 is 15.4 Å². The van der Waals surface area contributed by atoms with E-state index in [9.17, 15) is 4.79 Å². The van der Waals surface area contributed by atoms with Crippen LogP contribution in [-0.4, -0.2) is 36.1 Å². The van der Waals surface area contributed by atoms with Crippen LogP contribution >= 0.6 is 11.6 Å². The molecule has 0 bridgehead atoms. The van der Waals surface area contributed by atoms with Gasteiger partial charge in [0.25, 0.3) is 5.56 Å². The van der Waals surface area contributed by atoms with Crippen molar-refractivity contribution in [3.05, 3.63) is 86.3 Å². The van der Waals surface area contributed by atoms with Gasteiger partial charge in [0, 0.05) is 48.9 Å². The Morgan fingerprint density at radius 3 is 2.17 bits per heavy atom. The molecule has 0 aliphatic carbocycles. The van der Waals surface area contributed by atoms with Crippen LogP contribution in [0.2, 0.25) is 5.02 Å². The first kappa shape index (κ1) is 19.5. The summed E-state index contributed by atoms with van der Waals surface area (Å²) < 4.78 is 0. The molecule has 4 rings (SSSR count). The van der Waals surface area contributed by atoms with Crippen LogP contribution in [0.5, 0.6) is 0 Å². The maximum absolute atomic E-state index is 12.7. The van der Waals surface area contributed by atoms with Gasteiger partial charge in [-0.15, -0.1) is 0 Å². The van der Waals surface area contributed by atoms with Crippen LogP contribution in [0, 0.1) is 13.8 Å². The smallest absolute Gasteiger partial charge is 0.256 e. The van der Waals surface area contributed by atoms with E-state index in [1.807, 2.05) is 31.2 Å². The summed E-state index contributed by atoms with van der Waals surface area (Å²) >= 11 is 5.99. The second kappa shape index (κ2) is 8.29. The Morgan fingerprint density at radius 1 is 0.931 bits per heavy atom. The third-order valence-electron chi connectivity index (χ3n) is 5.48. The summed E-state index contributed by atoms with van der Waals surface area (Å²) in [6.45, 7) is 7.34. The van der Waals surface area contributed by atoms with Gasteiger partial charge in [-0.1, -0.05) is 41.4 Å². The van der Waals surface area contributed by atoms with E-state index in [4.69, 9.17) is 16.6 Å². The number of aromatic amines is 1. The summed E-state index contributed by atoms with van der Waals surface area (Å²) in [7, 11) is 0. The molecular weight excluding hydrogens is 384 g/mol. The molecule has 0 unspecified atom stereocenters. The molecule has 6 heteroatoms. The Kier molecular flexibility index (Phi) is 5.58. The molecular formula is C23H25ClN4O. The van der Waals surface area contributed by atoms with E-state index in [0.717, 1.165) is 48.0 Å². The van der Waals surface area contributed by atoms with Crippen LogP contribution in [0.1, 0.15) is 22.4 Å². The van der Waals surface area contributed by atoms with Crippen LogP contribution in [0.4, 0.5) is 11.6 Å². The van der Waals surface area contributed by atoms with Crippen molar-refractivity contribution >= 4 is 23.2 Å². The summed E-state index contributed by atoms with van der Waals surface area (Å²) in [6, 6.07) is 16.2. The van der Waals surface area contributed by atoms with Crippen molar-refractivity contribution in [3.63, 3.8) is 0 Å². The summed E-state index contributed by atoms with van der Waals surface area (Å²) in [5, 5.41) is 0.746. The molecule has 1 N–H and O–H groups in total. The molecule has 150 valence electrons. The third-order valence-corrected chi connectivity index (χ3v) is 5.73. The number of hydrogen-bond acceptors (Lipinski definition) is 4. The number of nitrogens with one attached hydrogen (secondary N) is 1. The molecule has 1 aliphatic rings. The maximum Gasteiger partial charge on any atom is 0.256 e. The second-order valence-electron chi connectivity index (χ2n) is 7.57. The van der Waals surface area contributed by atoms with Crippen molar-refractivity contribution in [3.8, 4) is 0 Å². The van der Waals surface area contributed by atoms with Gasteiger partial charge >= 0.3 is 0 Å². The number of aryl methyl sites for hydroxylation is 2. The SMILES string of the molecule is Cc1ccc(Cc2c(C)nc(N3CCN(c4ccc(Cl)cc4)CC3)[nH]c2=O)cc1. The minimum absolute atomic E-state index is 0.0480. The van der Waals surface area contributed by atoms with E-state index in [2.05, 4.69) is 46.0 Å². The van der Waals surface area contributed by atoms with E-state index in [-0.39, 0.29) is 5.56 Å². The van der Waals surface area contributed by atoms with Gasteiger partial charge in [0.1, 0.15) is 0 Å². The Morgan fingerprint density at radius 2 is 1.55 bits per heavy atom. The van der Waals surface area contributed by atoms with E-state index in [1.165, 1.54) is 11.3 Å². The van der Waals surface area contributed by atoms with Gasteiger partial charge in [0.15, 0.2) is 0 Å². The van der Waals surface area contributed by atoms with E-state index in [1.54, 1.807) is 0 Å². The van der Waals surface area contributed by atoms with Gasteiger partial charge in [0.2, 0.25) is 5.95 Å². The molecule has 29 heavy (non-hydrogen) atoms. The highest BCUT2D eigenvalue weighted by atomic mass is 35.5. The zero-order valence-electron chi connectivity index (χ0n) is 16.8. The van der Waals surface area contributed by atoms with Crippen LogP contribution in [0.25, 0.3) is 0 Å². The van der Waals surface area contributed by atoms with Crippen molar-refractivity contribution in [2.45, 2.75) is 20.3 Å². The number of nitrogens with zero attached hydrogens (tertiary/aromatic N) is 3. The van der Waals surface area contributed by atoms with E-state index >= 15 is 0 Å². The molecule has 0 spiro atoms. The Labute approximate surface area is 176 Å². The zero-order valence-corrected chi connectivity index (χ0v) is 17.5. The molecule has 1 fully saturated rings. The molecule has 0 saturated carbocycles. The minimum atomic E-state index is -0.0480. The second-order valence-corrected chi connectivity index (χ2v) is 8.00. The van der Waals surface area contributed by atoms with Crippen molar-refractivity contribution in [2.24, 2.45) is 0 Å². The number of rotatable bonds is 4. The van der Waals surface area contributed by atoms with Crippen LogP contribution in [0.3, 0.4) is 0 Å². The fourth-order valence-corrected chi connectivity index (χ4v) is 3.82. The average molecular weight is 409 g/mol. The lowest BCUT2D eigenvalue weighted by atomic mass is 10.0. The molecule has 0 atom stereocenters. The number of hydrogen-bond donors (Lipinski definition) is 1. The highest BCUT2D eigenvalue weighted by Gasteiger charge is 2.20. The third kappa shape index (κ3) is 4.46. The molecule has 2 heterocycles. The molecule has 1 aromatic heterocycles. The van der Waals surface area contributed by atoms with Crippen molar-refractivity contribution in [2.75, 3.05) is 36.0 Å². The topological polar surface area (TPSA) is 52.2 Å². The number of halogens is 1. The Hall–Kier alpha value is -2.79. The Balaban J connectivity index is 1.46. The highest BCUT2D eigenvalue weighted by molar-refractivity contribution is 6.30. The van der Waals surface area contributed by atoms with Crippen LogP contribution in [0.15, 0.2) is 53.3 Å². The number of H-pyrrole nitrogens is 1. The Bertz CT molecular complexity index is 1040. The largest absolute Gasteiger partial charge is 0.368 e. The fraction of sp³-hybridized carbons (Fsp3) is 0.304. The quantitative estimate of drug-likeness (QED) is 0.710. The summed E-state index contributed by atoms with van der Waals surface area (Å²) in [6.07, 6.45) is 0.596. The lowest BCUT2D eigenvalue weighted by molar-refractivity contribution is 0.637. The van der Waals surface area contributed by atoms with E-state index in [0.29, 0.717) is 12.4 Å². The maximum atomic E-state index is 12.7. The lowest BCUT2D eigenvalue weighted by Gasteiger charge is -2.36. The van der Waals surface area contributed by atoms with Crippen molar-refractivity contribution < 1.29 is 0 Å². The number of benzene rings is 2. The number of aromatic nitrogens is 2. The molecule has 5 nitrogen and oxygen atoms in total. The number of piperazine rings is 1. The molecule has 2 aromatic carbocycles. The number of anilines is 2. The predicted octanol–water partition coefficient (Wildman–Crippen LogP) is 3.96. The van der Waals surface area contributed by atoms with Gasteiger partial charge in [0.05, 0.1) is 5.69 Å². The zero-order chi connectivity index (χ0) is 20.4. The first-order chi connectivity index (χ1) is 14.0. The first-order valence-electron chi connectivity index (χ1n) is 9.90. The molecule has 1 saturated heterocycles. The average Bonchev–Trinajstić information content (AvgIpc) is 2.73.